The second kappa shape index (κ2) is 49.0. The molecule has 0 aromatic heterocycles. The number of carbonyl (C=O) groups excluding carboxylic acids is 3. The van der Waals surface area contributed by atoms with Crippen LogP contribution >= 0.6 is 0 Å². The third kappa shape index (κ3) is 46.4. The van der Waals surface area contributed by atoms with Crippen molar-refractivity contribution >= 4 is 17.9 Å². The molecule has 348 valence electrons. The number of hydrogen-bond acceptors (Lipinski definition) is 6. The van der Waals surface area contributed by atoms with Gasteiger partial charge in [-0.3, -0.25) is 14.4 Å². The van der Waals surface area contributed by atoms with Crippen molar-refractivity contribution in [3.8, 4) is 0 Å². The fourth-order valence-electron chi connectivity index (χ4n) is 7.26. The lowest BCUT2D eigenvalue weighted by Crippen LogP contribution is -2.30. The van der Waals surface area contributed by atoms with Gasteiger partial charge >= 0.3 is 17.9 Å². The second-order valence-corrected chi connectivity index (χ2v) is 17.1. The van der Waals surface area contributed by atoms with E-state index in [1.54, 1.807) is 0 Å². The largest absolute Gasteiger partial charge is 0.462 e. The summed E-state index contributed by atoms with van der Waals surface area (Å²) >= 11 is 0. The van der Waals surface area contributed by atoms with Gasteiger partial charge in [0, 0.05) is 19.3 Å². The van der Waals surface area contributed by atoms with Gasteiger partial charge in [-0.2, -0.15) is 0 Å². The SMILES string of the molecule is CC/C=C\C/C=C\C/C=C\C/C=C\CCCCC(=O)OC[C@H](COC(=O)CCCCCCCCCCCCCC)OC(=O)CCCCCCCCCCCCCCCCC. The van der Waals surface area contributed by atoms with Crippen molar-refractivity contribution in [1.29, 1.82) is 0 Å². The Balaban J connectivity index is 4.41. The molecule has 0 saturated heterocycles. The van der Waals surface area contributed by atoms with E-state index in [4.69, 9.17) is 14.2 Å². The first-order valence-corrected chi connectivity index (χ1v) is 25.6. The van der Waals surface area contributed by atoms with E-state index in [9.17, 15) is 14.4 Å². The van der Waals surface area contributed by atoms with Crippen LogP contribution in [0, 0.1) is 0 Å². The molecule has 0 amide bonds. The summed E-state index contributed by atoms with van der Waals surface area (Å²) in [6.07, 6.45) is 58.1. The molecule has 60 heavy (non-hydrogen) atoms. The predicted molar refractivity (Wildman–Crippen MR) is 256 cm³/mol. The molecule has 0 aromatic rings. The zero-order chi connectivity index (χ0) is 43.7. The van der Waals surface area contributed by atoms with Gasteiger partial charge in [-0.05, 0) is 57.8 Å². The summed E-state index contributed by atoms with van der Waals surface area (Å²) in [6.45, 7) is 6.50. The Morgan fingerprint density at radius 3 is 1.02 bits per heavy atom. The Labute approximate surface area is 371 Å². The van der Waals surface area contributed by atoms with Crippen molar-refractivity contribution in [2.75, 3.05) is 13.2 Å². The number of esters is 3. The average Bonchev–Trinajstić information content (AvgIpc) is 3.24. The highest BCUT2D eigenvalue weighted by atomic mass is 16.6. The van der Waals surface area contributed by atoms with E-state index in [0.29, 0.717) is 19.3 Å². The molecule has 0 aromatic carbocycles. The zero-order valence-electron chi connectivity index (χ0n) is 39.7. The lowest BCUT2D eigenvalue weighted by atomic mass is 10.0. The number of unbranched alkanes of at least 4 members (excludes halogenated alkanes) is 27. The molecule has 0 N–H and O–H groups in total. The Hall–Kier alpha value is -2.63. The topological polar surface area (TPSA) is 78.9 Å². The van der Waals surface area contributed by atoms with Gasteiger partial charge < -0.3 is 14.2 Å². The molecular weight excluding hydrogens is 745 g/mol. The van der Waals surface area contributed by atoms with Crippen molar-refractivity contribution in [2.24, 2.45) is 0 Å². The maximum atomic E-state index is 12.8. The lowest BCUT2D eigenvalue weighted by Gasteiger charge is -2.18. The molecule has 0 rings (SSSR count). The molecular formula is C54H96O6. The van der Waals surface area contributed by atoms with Crippen LogP contribution in [0.15, 0.2) is 48.6 Å². The summed E-state index contributed by atoms with van der Waals surface area (Å²) in [5, 5.41) is 0. The molecule has 0 aliphatic carbocycles. The van der Waals surface area contributed by atoms with Gasteiger partial charge in [-0.25, -0.2) is 0 Å². The predicted octanol–water partition coefficient (Wildman–Crippen LogP) is 16.7. The summed E-state index contributed by atoms with van der Waals surface area (Å²) in [5.41, 5.74) is 0. The summed E-state index contributed by atoms with van der Waals surface area (Å²) in [6, 6.07) is 0. The van der Waals surface area contributed by atoms with Crippen molar-refractivity contribution in [3.05, 3.63) is 48.6 Å². The van der Waals surface area contributed by atoms with Crippen LogP contribution in [0.1, 0.15) is 258 Å². The average molecular weight is 841 g/mol. The van der Waals surface area contributed by atoms with Crippen molar-refractivity contribution in [1.82, 2.24) is 0 Å². The maximum absolute atomic E-state index is 12.8. The molecule has 0 radical (unpaired) electrons. The summed E-state index contributed by atoms with van der Waals surface area (Å²) in [4.78, 5) is 37.9. The van der Waals surface area contributed by atoms with Gasteiger partial charge in [-0.15, -0.1) is 0 Å². The summed E-state index contributed by atoms with van der Waals surface area (Å²) < 4.78 is 16.8. The van der Waals surface area contributed by atoms with Crippen LogP contribution in [0.3, 0.4) is 0 Å². The van der Waals surface area contributed by atoms with E-state index in [0.717, 1.165) is 83.5 Å². The van der Waals surface area contributed by atoms with Crippen LogP contribution in [-0.4, -0.2) is 37.2 Å². The maximum Gasteiger partial charge on any atom is 0.306 e. The van der Waals surface area contributed by atoms with Crippen molar-refractivity contribution < 1.29 is 28.6 Å². The van der Waals surface area contributed by atoms with Gasteiger partial charge in [0.1, 0.15) is 13.2 Å². The van der Waals surface area contributed by atoms with Gasteiger partial charge in [0.15, 0.2) is 6.10 Å². The first kappa shape index (κ1) is 57.4. The molecule has 0 aliphatic heterocycles. The van der Waals surface area contributed by atoms with E-state index in [1.165, 1.54) is 135 Å². The first-order chi connectivity index (χ1) is 29.5. The number of hydrogen-bond donors (Lipinski definition) is 0. The van der Waals surface area contributed by atoms with Crippen LogP contribution < -0.4 is 0 Å². The van der Waals surface area contributed by atoms with E-state index in [-0.39, 0.29) is 31.1 Å². The minimum atomic E-state index is -0.784. The molecule has 0 heterocycles. The molecule has 6 heteroatoms. The monoisotopic (exact) mass is 841 g/mol. The van der Waals surface area contributed by atoms with Crippen LogP contribution in [-0.2, 0) is 28.6 Å². The molecule has 0 spiro atoms. The van der Waals surface area contributed by atoms with Crippen molar-refractivity contribution in [3.63, 3.8) is 0 Å². The van der Waals surface area contributed by atoms with E-state index in [1.807, 2.05) is 0 Å². The Morgan fingerprint density at radius 1 is 0.350 bits per heavy atom. The Morgan fingerprint density at radius 2 is 0.650 bits per heavy atom. The van der Waals surface area contributed by atoms with Crippen molar-refractivity contribution in [2.45, 2.75) is 264 Å². The van der Waals surface area contributed by atoms with E-state index < -0.39 is 6.10 Å². The third-order valence-corrected chi connectivity index (χ3v) is 11.1. The van der Waals surface area contributed by atoms with Gasteiger partial charge in [0.25, 0.3) is 0 Å². The number of rotatable bonds is 46. The van der Waals surface area contributed by atoms with Gasteiger partial charge in [-0.1, -0.05) is 230 Å². The molecule has 0 fully saturated rings. The highest BCUT2D eigenvalue weighted by Crippen LogP contribution is 2.16. The fraction of sp³-hybridized carbons (Fsp3) is 0.796. The van der Waals surface area contributed by atoms with Crippen LogP contribution in [0.4, 0.5) is 0 Å². The molecule has 1 atom stereocenters. The third-order valence-electron chi connectivity index (χ3n) is 11.1. The highest BCUT2D eigenvalue weighted by Gasteiger charge is 2.19. The molecule has 0 bridgehead atoms. The fourth-order valence-corrected chi connectivity index (χ4v) is 7.26. The van der Waals surface area contributed by atoms with Gasteiger partial charge in [0.2, 0.25) is 0 Å². The molecule has 0 unspecified atom stereocenters. The molecule has 0 saturated carbocycles. The van der Waals surface area contributed by atoms with Crippen LogP contribution in [0.25, 0.3) is 0 Å². The van der Waals surface area contributed by atoms with E-state index >= 15 is 0 Å². The standard InChI is InChI=1S/C54H96O6/c1-4-7-10-13-16-19-22-25-27-29-32-35-38-41-44-47-53(56)59-50-51(49-58-52(55)46-43-40-37-34-31-24-21-18-15-12-9-6-3)60-54(57)48-45-42-39-36-33-30-28-26-23-20-17-14-11-8-5-2/h7,10,16,19,25,27,32,35,51H,4-6,8-9,11-15,17-18,20-24,26,28-31,33-34,36-50H2,1-3H3/b10-7-,19-16-,27-25-,35-32-/t51-/m0/s1. The number of carbonyl (C=O) groups is 3. The number of ether oxygens (including phenoxy) is 3. The van der Waals surface area contributed by atoms with Crippen LogP contribution in [0.2, 0.25) is 0 Å². The normalized spacial score (nSPS) is 12.4. The smallest absolute Gasteiger partial charge is 0.306 e. The summed E-state index contributed by atoms with van der Waals surface area (Å²) in [7, 11) is 0. The first-order valence-electron chi connectivity index (χ1n) is 25.6. The minimum absolute atomic E-state index is 0.0825. The van der Waals surface area contributed by atoms with Crippen LogP contribution in [0.5, 0.6) is 0 Å². The quantitative estimate of drug-likeness (QED) is 0.0263. The summed E-state index contributed by atoms with van der Waals surface area (Å²) in [5.74, 6) is -0.917. The lowest BCUT2D eigenvalue weighted by molar-refractivity contribution is -0.167. The number of allylic oxidation sites excluding steroid dienone is 8. The minimum Gasteiger partial charge on any atom is -0.462 e. The molecule has 0 aliphatic rings. The highest BCUT2D eigenvalue weighted by molar-refractivity contribution is 5.71. The van der Waals surface area contributed by atoms with E-state index in [2.05, 4.69) is 69.4 Å². The Bertz CT molecular complexity index is 1060. The molecule has 6 nitrogen and oxygen atoms in total. The second-order valence-electron chi connectivity index (χ2n) is 17.1. The zero-order valence-corrected chi connectivity index (χ0v) is 39.7. The Kier molecular flexibility index (Phi) is 46.9. The van der Waals surface area contributed by atoms with Gasteiger partial charge in [0.05, 0.1) is 0 Å².